The molecule has 2 aromatic rings. The SMILES string of the molecule is Cc1nsc(N2CCCN(C(=O)[C@@H](O)Cc3ccccc3)CC2)n1. The van der Waals surface area contributed by atoms with Crippen LogP contribution in [0, 0.1) is 6.92 Å². The minimum atomic E-state index is -0.984. The van der Waals surface area contributed by atoms with Crippen LogP contribution in [0.5, 0.6) is 0 Å². The number of aliphatic hydroxyl groups excluding tert-OH is 1. The van der Waals surface area contributed by atoms with Crippen molar-refractivity contribution in [1.82, 2.24) is 14.3 Å². The van der Waals surface area contributed by atoms with Gasteiger partial charge in [-0.1, -0.05) is 30.3 Å². The van der Waals surface area contributed by atoms with E-state index < -0.39 is 6.10 Å². The summed E-state index contributed by atoms with van der Waals surface area (Å²) in [7, 11) is 0. The number of aryl methyl sites for hydroxylation is 1. The third-order valence-corrected chi connectivity index (χ3v) is 5.02. The fourth-order valence-corrected chi connectivity index (χ4v) is 3.60. The molecule has 0 saturated carbocycles. The highest BCUT2D eigenvalue weighted by atomic mass is 32.1. The lowest BCUT2D eigenvalue weighted by Gasteiger charge is -2.24. The second kappa shape index (κ2) is 7.72. The normalized spacial score (nSPS) is 16.8. The monoisotopic (exact) mass is 346 g/mol. The van der Waals surface area contributed by atoms with Crippen LogP contribution in [0.1, 0.15) is 17.8 Å². The van der Waals surface area contributed by atoms with Gasteiger partial charge in [0.25, 0.3) is 5.91 Å². The summed E-state index contributed by atoms with van der Waals surface area (Å²) in [6, 6.07) is 9.62. The number of carbonyl (C=O) groups is 1. The van der Waals surface area contributed by atoms with Gasteiger partial charge in [-0.05, 0) is 18.9 Å². The number of hydrogen-bond donors (Lipinski definition) is 1. The number of carbonyl (C=O) groups excluding carboxylic acids is 1. The molecule has 0 aliphatic carbocycles. The first kappa shape index (κ1) is 16.9. The lowest BCUT2D eigenvalue weighted by atomic mass is 10.1. The fraction of sp³-hybridized carbons (Fsp3) is 0.471. The van der Waals surface area contributed by atoms with Gasteiger partial charge in [-0.2, -0.15) is 4.37 Å². The van der Waals surface area contributed by atoms with E-state index >= 15 is 0 Å². The Labute approximate surface area is 145 Å². The van der Waals surface area contributed by atoms with Crippen LogP contribution in [0.25, 0.3) is 0 Å². The second-order valence-electron chi connectivity index (χ2n) is 6.00. The highest BCUT2D eigenvalue weighted by Gasteiger charge is 2.25. The Morgan fingerprint density at radius 2 is 2.04 bits per heavy atom. The van der Waals surface area contributed by atoms with Crippen molar-refractivity contribution in [1.29, 1.82) is 0 Å². The molecule has 1 aliphatic rings. The summed E-state index contributed by atoms with van der Waals surface area (Å²) in [6.07, 6.45) is 0.237. The van der Waals surface area contributed by atoms with Crippen molar-refractivity contribution < 1.29 is 9.90 Å². The highest BCUT2D eigenvalue weighted by molar-refractivity contribution is 7.09. The topological polar surface area (TPSA) is 69.6 Å². The van der Waals surface area contributed by atoms with Crippen LogP contribution in [0.2, 0.25) is 0 Å². The van der Waals surface area contributed by atoms with Crippen molar-refractivity contribution in [2.24, 2.45) is 0 Å². The minimum absolute atomic E-state index is 0.186. The molecule has 128 valence electrons. The van der Waals surface area contributed by atoms with Crippen LogP contribution in [-0.2, 0) is 11.2 Å². The van der Waals surface area contributed by atoms with Crippen LogP contribution < -0.4 is 4.90 Å². The maximum Gasteiger partial charge on any atom is 0.251 e. The standard InChI is InChI=1S/C17H22N4O2S/c1-13-18-17(24-19-13)21-9-5-8-20(10-11-21)16(23)15(22)12-14-6-3-2-4-7-14/h2-4,6-7,15,22H,5,8-12H2,1H3/t15-/m0/s1. The predicted octanol–water partition coefficient (Wildman–Crippen LogP) is 1.49. The van der Waals surface area contributed by atoms with E-state index in [1.54, 1.807) is 4.90 Å². The van der Waals surface area contributed by atoms with E-state index in [9.17, 15) is 9.90 Å². The van der Waals surface area contributed by atoms with Crippen molar-refractivity contribution in [3.63, 3.8) is 0 Å². The molecule has 1 fully saturated rings. The van der Waals surface area contributed by atoms with Gasteiger partial charge in [-0.15, -0.1) is 0 Å². The first-order valence-electron chi connectivity index (χ1n) is 8.19. The first-order chi connectivity index (χ1) is 11.6. The van der Waals surface area contributed by atoms with Crippen LogP contribution in [-0.4, -0.2) is 57.6 Å². The van der Waals surface area contributed by atoms with Crippen LogP contribution in [0.3, 0.4) is 0 Å². The Morgan fingerprint density at radius 1 is 1.25 bits per heavy atom. The molecular weight excluding hydrogens is 324 g/mol. The summed E-state index contributed by atoms with van der Waals surface area (Å²) in [4.78, 5) is 20.9. The van der Waals surface area contributed by atoms with Gasteiger partial charge < -0.3 is 14.9 Å². The average molecular weight is 346 g/mol. The van der Waals surface area contributed by atoms with Gasteiger partial charge in [0, 0.05) is 44.1 Å². The average Bonchev–Trinajstić information content (AvgIpc) is 2.88. The summed E-state index contributed by atoms with van der Waals surface area (Å²) < 4.78 is 4.22. The zero-order chi connectivity index (χ0) is 16.9. The number of aliphatic hydroxyl groups is 1. The number of hydrogen-bond acceptors (Lipinski definition) is 6. The van der Waals surface area contributed by atoms with Crippen LogP contribution in [0.4, 0.5) is 5.13 Å². The van der Waals surface area contributed by atoms with E-state index in [-0.39, 0.29) is 5.91 Å². The van der Waals surface area contributed by atoms with Crippen molar-refractivity contribution in [2.75, 3.05) is 31.1 Å². The molecule has 6 nitrogen and oxygen atoms in total. The highest BCUT2D eigenvalue weighted by Crippen LogP contribution is 2.19. The molecule has 1 aliphatic heterocycles. The minimum Gasteiger partial charge on any atom is -0.383 e. The lowest BCUT2D eigenvalue weighted by molar-refractivity contribution is -0.139. The van der Waals surface area contributed by atoms with E-state index in [0.29, 0.717) is 19.5 Å². The molecule has 1 amide bonds. The number of benzene rings is 1. The zero-order valence-corrected chi connectivity index (χ0v) is 14.6. The second-order valence-corrected chi connectivity index (χ2v) is 6.73. The Morgan fingerprint density at radius 3 is 2.75 bits per heavy atom. The number of aromatic nitrogens is 2. The van der Waals surface area contributed by atoms with Gasteiger partial charge in [-0.3, -0.25) is 4.79 Å². The van der Waals surface area contributed by atoms with Gasteiger partial charge in [-0.25, -0.2) is 4.98 Å². The van der Waals surface area contributed by atoms with E-state index in [1.165, 1.54) is 11.5 Å². The van der Waals surface area contributed by atoms with Crippen molar-refractivity contribution in [3.8, 4) is 0 Å². The van der Waals surface area contributed by atoms with E-state index in [1.807, 2.05) is 37.3 Å². The molecule has 3 rings (SSSR count). The van der Waals surface area contributed by atoms with Crippen LogP contribution >= 0.6 is 11.5 Å². The van der Waals surface area contributed by atoms with Gasteiger partial charge in [0.05, 0.1) is 0 Å². The molecule has 0 spiro atoms. The molecule has 0 bridgehead atoms. The number of rotatable bonds is 4. The molecule has 2 heterocycles. The van der Waals surface area contributed by atoms with Crippen molar-refractivity contribution in [3.05, 3.63) is 41.7 Å². The lowest BCUT2D eigenvalue weighted by Crippen LogP contribution is -2.42. The largest absolute Gasteiger partial charge is 0.383 e. The summed E-state index contributed by atoms with van der Waals surface area (Å²) in [5.41, 5.74) is 0.971. The van der Waals surface area contributed by atoms with E-state index in [0.717, 1.165) is 36.0 Å². The Hall–Kier alpha value is -1.99. The molecule has 0 radical (unpaired) electrons. The van der Waals surface area contributed by atoms with Crippen molar-refractivity contribution >= 4 is 22.6 Å². The van der Waals surface area contributed by atoms with E-state index in [2.05, 4.69) is 14.3 Å². The molecular formula is C17H22N4O2S. The summed E-state index contributed by atoms with van der Waals surface area (Å²) in [5, 5.41) is 11.2. The van der Waals surface area contributed by atoms with Gasteiger partial charge >= 0.3 is 0 Å². The van der Waals surface area contributed by atoms with E-state index in [4.69, 9.17) is 0 Å². The Balaban J connectivity index is 1.58. The molecule has 7 heteroatoms. The molecule has 1 aromatic carbocycles. The molecule has 1 aromatic heterocycles. The number of nitrogens with zero attached hydrogens (tertiary/aromatic N) is 4. The third-order valence-electron chi connectivity index (χ3n) is 4.15. The maximum absolute atomic E-state index is 12.5. The predicted molar refractivity (Wildman–Crippen MR) is 94.2 cm³/mol. The zero-order valence-electron chi connectivity index (χ0n) is 13.8. The first-order valence-corrected chi connectivity index (χ1v) is 8.97. The van der Waals surface area contributed by atoms with Gasteiger partial charge in [0.15, 0.2) is 0 Å². The maximum atomic E-state index is 12.5. The van der Waals surface area contributed by atoms with Crippen molar-refractivity contribution in [2.45, 2.75) is 25.9 Å². The summed E-state index contributed by atoms with van der Waals surface area (Å²) in [5.74, 6) is 0.597. The molecule has 1 atom stereocenters. The molecule has 0 unspecified atom stereocenters. The summed E-state index contributed by atoms with van der Waals surface area (Å²) in [6.45, 7) is 4.72. The smallest absolute Gasteiger partial charge is 0.251 e. The Bertz CT molecular complexity index is 676. The molecule has 1 saturated heterocycles. The number of amides is 1. The van der Waals surface area contributed by atoms with Gasteiger partial charge in [0.2, 0.25) is 5.13 Å². The Kier molecular flexibility index (Phi) is 5.42. The number of anilines is 1. The summed E-state index contributed by atoms with van der Waals surface area (Å²) >= 11 is 1.40. The quantitative estimate of drug-likeness (QED) is 0.908. The fourth-order valence-electron chi connectivity index (χ4n) is 2.88. The van der Waals surface area contributed by atoms with Gasteiger partial charge in [0.1, 0.15) is 11.9 Å². The van der Waals surface area contributed by atoms with Crippen LogP contribution in [0.15, 0.2) is 30.3 Å². The molecule has 1 N–H and O–H groups in total. The molecule has 24 heavy (non-hydrogen) atoms. The third kappa shape index (κ3) is 4.10.